The van der Waals surface area contributed by atoms with Gasteiger partial charge in [0.2, 0.25) is 0 Å². The van der Waals surface area contributed by atoms with Crippen LogP contribution in [0.2, 0.25) is 5.02 Å². The van der Waals surface area contributed by atoms with Crippen LogP contribution in [0, 0.1) is 6.92 Å². The van der Waals surface area contributed by atoms with E-state index in [1.54, 1.807) is 19.1 Å². The molecule has 0 unspecified atom stereocenters. The van der Waals surface area contributed by atoms with E-state index in [1.807, 2.05) is 0 Å². The molecule has 8 heteroatoms. The molecule has 1 heterocycles. The lowest BCUT2D eigenvalue weighted by atomic mass is 10.2. The number of anilines is 2. The molecule has 0 spiro atoms. The van der Waals surface area contributed by atoms with E-state index in [2.05, 4.69) is 5.32 Å². The largest absolute Gasteiger partial charge is 0.545 e. The highest BCUT2D eigenvalue weighted by molar-refractivity contribution is 6.53. The molecule has 132 valence electrons. The first-order valence-corrected chi connectivity index (χ1v) is 8.18. The van der Waals surface area contributed by atoms with Crippen molar-refractivity contribution in [2.45, 2.75) is 6.92 Å². The van der Waals surface area contributed by atoms with Crippen molar-refractivity contribution in [2.75, 3.05) is 10.2 Å². The van der Waals surface area contributed by atoms with Crippen LogP contribution < -0.4 is 15.3 Å². The van der Waals surface area contributed by atoms with Gasteiger partial charge in [-0.2, -0.15) is 0 Å². The summed E-state index contributed by atoms with van der Waals surface area (Å²) in [6, 6.07) is 10.3. The minimum atomic E-state index is -1.32. The number of carboxylic acids is 1. The summed E-state index contributed by atoms with van der Waals surface area (Å²) in [4.78, 5) is 36.8. The molecule has 0 saturated carbocycles. The van der Waals surface area contributed by atoms with Crippen LogP contribution in [0.25, 0.3) is 0 Å². The Morgan fingerprint density at radius 3 is 2.27 bits per heavy atom. The number of benzene rings is 2. The predicted molar refractivity (Wildman–Crippen MR) is 96.0 cm³/mol. The number of nitrogens with one attached hydrogen (secondary N) is 1. The van der Waals surface area contributed by atoms with Crippen LogP contribution >= 0.6 is 23.2 Å². The number of hydrogen-bond acceptors (Lipinski definition) is 5. The molecule has 0 saturated heterocycles. The standard InChI is InChI=1S/C18H12Cl2N2O4/c1-9-2-7-12(8-13(9)19)22-16(23)14(20)15(17(22)24)21-11-5-3-10(4-6-11)18(25)26/h2-8,21H,1H3,(H,25,26)/p-1. The molecule has 0 aromatic heterocycles. The van der Waals surface area contributed by atoms with Gasteiger partial charge in [-0.3, -0.25) is 9.59 Å². The molecule has 2 amide bonds. The number of amides is 2. The maximum absolute atomic E-state index is 12.7. The Balaban J connectivity index is 1.88. The second kappa shape index (κ2) is 6.82. The van der Waals surface area contributed by atoms with Crippen LogP contribution in [-0.2, 0) is 9.59 Å². The normalized spacial score (nSPS) is 14.2. The molecule has 6 nitrogen and oxygen atoms in total. The molecule has 0 atom stereocenters. The lowest BCUT2D eigenvalue weighted by Crippen LogP contribution is -2.32. The van der Waals surface area contributed by atoms with Gasteiger partial charge in [0, 0.05) is 10.7 Å². The molecule has 0 aliphatic carbocycles. The monoisotopic (exact) mass is 389 g/mol. The maximum atomic E-state index is 12.7. The summed E-state index contributed by atoms with van der Waals surface area (Å²) in [6.45, 7) is 1.80. The quantitative estimate of drug-likeness (QED) is 0.811. The van der Waals surface area contributed by atoms with Gasteiger partial charge in [-0.25, -0.2) is 4.90 Å². The molecule has 26 heavy (non-hydrogen) atoms. The number of aromatic carboxylic acids is 1. The molecule has 0 fully saturated rings. The molecule has 1 aliphatic heterocycles. The number of aryl methyl sites for hydroxylation is 1. The van der Waals surface area contributed by atoms with Gasteiger partial charge in [-0.1, -0.05) is 41.4 Å². The summed E-state index contributed by atoms with van der Waals surface area (Å²) in [5, 5.41) is 13.7. The number of carbonyl (C=O) groups excluding carboxylic acids is 3. The Hall–Kier alpha value is -2.83. The zero-order chi connectivity index (χ0) is 19.0. The second-order valence-corrected chi connectivity index (χ2v) is 6.34. The SMILES string of the molecule is Cc1ccc(N2C(=O)C(Cl)=C(Nc3ccc(C(=O)[O-])cc3)C2=O)cc1Cl. The zero-order valence-electron chi connectivity index (χ0n) is 13.4. The number of hydrogen-bond donors (Lipinski definition) is 1. The van der Waals surface area contributed by atoms with E-state index in [0.717, 1.165) is 10.5 Å². The van der Waals surface area contributed by atoms with Crippen molar-refractivity contribution in [1.82, 2.24) is 0 Å². The minimum Gasteiger partial charge on any atom is -0.545 e. The fourth-order valence-corrected chi connectivity index (χ4v) is 2.79. The molecule has 1 N–H and O–H groups in total. The van der Waals surface area contributed by atoms with Crippen LogP contribution in [0.5, 0.6) is 0 Å². The van der Waals surface area contributed by atoms with Crippen LogP contribution in [0.4, 0.5) is 11.4 Å². The Kier molecular flexibility index (Phi) is 4.71. The summed E-state index contributed by atoms with van der Waals surface area (Å²) < 4.78 is 0. The number of carboxylic acid groups (broad SMARTS) is 1. The van der Waals surface area contributed by atoms with Crippen LogP contribution in [-0.4, -0.2) is 17.8 Å². The van der Waals surface area contributed by atoms with Crippen molar-refractivity contribution < 1.29 is 19.5 Å². The summed E-state index contributed by atoms with van der Waals surface area (Å²) in [5.74, 6) is -2.63. The second-order valence-electron chi connectivity index (χ2n) is 5.56. The van der Waals surface area contributed by atoms with Gasteiger partial charge in [0.15, 0.2) is 0 Å². The van der Waals surface area contributed by atoms with Crippen LogP contribution in [0.1, 0.15) is 15.9 Å². The summed E-state index contributed by atoms with van der Waals surface area (Å²) in [5.41, 5.74) is 1.39. The first-order chi connectivity index (χ1) is 12.3. The first kappa shape index (κ1) is 18.0. The maximum Gasteiger partial charge on any atom is 0.283 e. The molecular formula is C18H11Cl2N2O4-. The Morgan fingerprint density at radius 1 is 1.04 bits per heavy atom. The average Bonchev–Trinajstić information content (AvgIpc) is 2.81. The smallest absolute Gasteiger partial charge is 0.283 e. The van der Waals surface area contributed by atoms with Gasteiger partial charge in [0.05, 0.1) is 11.7 Å². The predicted octanol–water partition coefficient (Wildman–Crippen LogP) is 2.45. The van der Waals surface area contributed by atoms with Crippen molar-refractivity contribution in [3.05, 3.63) is 69.3 Å². The van der Waals surface area contributed by atoms with Crippen molar-refractivity contribution in [1.29, 1.82) is 0 Å². The van der Waals surface area contributed by atoms with E-state index in [0.29, 0.717) is 16.4 Å². The van der Waals surface area contributed by atoms with Gasteiger partial charge in [-0.15, -0.1) is 0 Å². The van der Waals surface area contributed by atoms with Crippen LogP contribution in [0.15, 0.2) is 53.2 Å². The van der Waals surface area contributed by atoms with Gasteiger partial charge in [0.1, 0.15) is 10.7 Å². The Labute approximate surface area is 158 Å². The third kappa shape index (κ3) is 3.16. The molecular weight excluding hydrogens is 379 g/mol. The number of halogens is 2. The topological polar surface area (TPSA) is 89.5 Å². The highest BCUT2D eigenvalue weighted by Crippen LogP contribution is 2.32. The lowest BCUT2D eigenvalue weighted by Gasteiger charge is -2.16. The average molecular weight is 390 g/mol. The molecule has 3 rings (SSSR count). The van der Waals surface area contributed by atoms with Gasteiger partial charge in [-0.05, 0) is 42.3 Å². The van der Waals surface area contributed by atoms with Crippen molar-refractivity contribution in [3.63, 3.8) is 0 Å². The van der Waals surface area contributed by atoms with E-state index in [-0.39, 0.29) is 16.3 Å². The van der Waals surface area contributed by atoms with Crippen LogP contribution in [0.3, 0.4) is 0 Å². The lowest BCUT2D eigenvalue weighted by molar-refractivity contribution is -0.255. The molecule has 0 radical (unpaired) electrons. The van der Waals surface area contributed by atoms with E-state index in [9.17, 15) is 19.5 Å². The van der Waals surface area contributed by atoms with E-state index < -0.39 is 17.8 Å². The molecule has 2 aromatic rings. The molecule has 1 aliphatic rings. The van der Waals surface area contributed by atoms with Crippen molar-refractivity contribution in [3.8, 4) is 0 Å². The van der Waals surface area contributed by atoms with E-state index in [1.165, 1.54) is 30.3 Å². The highest BCUT2D eigenvalue weighted by Gasteiger charge is 2.39. The number of rotatable bonds is 4. The minimum absolute atomic E-state index is 0.0135. The summed E-state index contributed by atoms with van der Waals surface area (Å²) in [7, 11) is 0. The van der Waals surface area contributed by atoms with E-state index in [4.69, 9.17) is 23.2 Å². The number of imide groups is 1. The van der Waals surface area contributed by atoms with E-state index >= 15 is 0 Å². The Morgan fingerprint density at radius 2 is 1.69 bits per heavy atom. The van der Waals surface area contributed by atoms with Crippen molar-refractivity contribution >= 4 is 52.4 Å². The highest BCUT2D eigenvalue weighted by atomic mass is 35.5. The van der Waals surface area contributed by atoms with Crippen molar-refractivity contribution in [2.24, 2.45) is 0 Å². The zero-order valence-corrected chi connectivity index (χ0v) is 14.9. The summed E-state index contributed by atoms with van der Waals surface area (Å²) in [6.07, 6.45) is 0. The first-order valence-electron chi connectivity index (χ1n) is 7.42. The molecule has 2 aromatic carbocycles. The van der Waals surface area contributed by atoms with Gasteiger partial charge in [0.25, 0.3) is 11.8 Å². The third-order valence-electron chi connectivity index (χ3n) is 3.83. The number of carbonyl (C=O) groups is 3. The fraction of sp³-hybridized carbons (Fsp3) is 0.0556. The Bertz CT molecular complexity index is 968. The molecule has 0 bridgehead atoms. The number of nitrogens with zero attached hydrogens (tertiary/aromatic N) is 1. The fourth-order valence-electron chi connectivity index (χ4n) is 2.40. The van der Waals surface area contributed by atoms with Gasteiger partial charge < -0.3 is 15.2 Å². The van der Waals surface area contributed by atoms with Gasteiger partial charge >= 0.3 is 0 Å². The summed E-state index contributed by atoms with van der Waals surface area (Å²) >= 11 is 12.1. The third-order valence-corrected chi connectivity index (χ3v) is 4.59.